The van der Waals surface area contributed by atoms with E-state index in [0.29, 0.717) is 38.0 Å². The molecule has 0 aromatic rings. The third kappa shape index (κ3) is 2.30. The second kappa shape index (κ2) is 4.57. The van der Waals surface area contributed by atoms with Crippen molar-refractivity contribution in [3.8, 4) is 0 Å². The maximum atomic E-state index is 12.0. The molecule has 4 nitrogen and oxygen atoms in total. The van der Waals surface area contributed by atoms with Crippen LogP contribution in [0.3, 0.4) is 0 Å². The average Bonchev–Trinajstić information content (AvgIpc) is 2.14. The van der Waals surface area contributed by atoms with Gasteiger partial charge in [-0.15, -0.1) is 11.6 Å². The predicted octanol–water partition coefficient (Wildman–Crippen LogP) is 0.888. The van der Waals surface area contributed by atoms with Gasteiger partial charge < -0.3 is 0 Å². The smallest absolute Gasteiger partial charge is 0.195 e. The van der Waals surface area contributed by atoms with Gasteiger partial charge in [-0.3, -0.25) is 0 Å². The van der Waals surface area contributed by atoms with Crippen LogP contribution < -0.4 is 0 Å². The van der Waals surface area contributed by atoms with Crippen LogP contribution in [0.4, 0.5) is 0 Å². The summed E-state index contributed by atoms with van der Waals surface area (Å²) >= 11 is 5.79. The summed E-state index contributed by atoms with van der Waals surface area (Å²) in [5.74, 6) is 0.892. The van der Waals surface area contributed by atoms with Crippen molar-refractivity contribution in [2.45, 2.75) is 19.3 Å². The van der Waals surface area contributed by atoms with Crippen molar-refractivity contribution >= 4 is 21.8 Å². The van der Waals surface area contributed by atoms with E-state index in [0.717, 1.165) is 19.3 Å². The van der Waals surface area contributed by atoms with Crippen LogP contribution in [-0.4, -0.2) is 49.1 Å². The summed E-state index contributed by atoms with van der Waals surface area (Å²) in [4.78, 5) is 0. The first-order chi connectivity index (χ1) is 7.14. The fourth-order valence-corrected chi connectivity index (χ4v) is 4.10. The predicted molar refractivity (Wildman–Crippen MR) is 60.1 cm³/mol. The maximum absolute atomic E-state index is 12.0. The highest BCUT2D eigenvalue weighted by Gasteiger charge is 2.35. The molecule has 0 radical (unpaired) electrons. The molecule has 0 bridgehead atoms. The minimum absolute atomic E-state index is 0.330. The Hall–Kier alpha value is 0.160. The molecule has 0 saturated carbocycles. The first kappa shape index (κ1) is 11.6. The van der Waals surface area contributed by atoms with Crippen LogP contribution in [0.2, 0.25) is 0 Å². The molecule has 2 rings (SSSR count). The van der Waals surface area contributed by atoms with Gasteiger partial charge in [-0.1, -0.05) is 0 Å². The van der Waals surface area contributed by atoms with Crippen LogP contribution in [0.25, 0.3) is 0 Å². The molecular formula is C9H17ClN2O2S. The monoisotopic (exact) mass is 252 g/mol. The van der Waals surface area contributed by atoms with Gasteiger partial charge >= 0.3 is 0 Å². The first-order valence-electron chi connectivity index (χ1n) is 5.46. The summed E-state index contributed by atoms with van der Waals surface area (Å²) in [6.45, 7) is 2.63. The number of alkyl halides is 1. The normalized spacial score (nSPS) is 30.1. The molecule has 1 atom stereocenters. The van der Waals surface area contributed by atoms with Crippen LogP contribution in [0.15, 0.2) is 0 Å². The van der Waals surface area contributed by atoms with Crippen molar-refractivity contribution in [3.63, 3.8) is 0 Å². The summed E-state index contributed by atoms with van der Waals surface area (Å²) in [5.41, 5.74) is 0. The van der Waals surface area contributed by atoms with Gasteiger partial charge in [0, 0.05) is 32.1 Å². The van der Waals surface area contributed by atoms with Gasteiger partial charge in [-0.05, 0) is 25.2 Å². The number of hydrogen-bond donors (Lipinski definition) is 0. The molecule has 2 saturated heterocycles. The number of nitrogens with zero attached hydrogens (tertiary/aromatic N) is 2. The highest BCUT2D eigenvalue weighted by atomic mass is 35.5. The van der Waals surface area contributed by atoms with Gasteiger partial charge in [0.15, 0.2) is 0 Å². The Morgan fingerprint density at radius 2 is 1.80 bits per heavy atom. The molecule has 0 N–H and O–H groups in total. The lowest BCUT2D eigenvalue weighted by Crippen LogP contribution is -2.52. The van der Waals surface area contributed by atoms with Gasteiger partial charge in [0.1, 0.15) is 0 Å². The SMILES string of the molecule is O=S(=O)(N1CCC1)N1CCCC(CCl)C1. The molecule has 2 aliphatic heterocycles. The van der Waals surface area contributed by atoms with Crippen molar-refractivity contribution in [2.24, 2.45) is 5.92 Å². The molecule has 1 unspecified atom stereocenters. The van der Waals surface area contributed by atoms with Gasteiger partial charge in [0.2, 0.25) is 0 Å². The third-order valence-electron chi connectivity index (χ3n) is 3.17. The molecule has 2 aliphatic rings. The fourth-order valence-electron chi connectivity index (χ4n) is 2.04. The van der Waals surface area contributed by atoms with Crippen LogP contribution in [0.5, 0.6) is 0 Å². The number of hydrogen-bond acceptors (Lipinski definition) is 2. The molecule has 0 spiro atoms. The van der Waals surface area contributed by atoms with E-state index in [-0.39, 0.29) is 0 Å². The molecular weight excluding hydrogens is 236 g/mol. The zero-order valence-electron chi connectivity index (χ0n) is 8.73. The average molecular weight is 253 g/mol. The zero-order valence-corrected chi connectivity index (χ0v) is 10.3. The highest BCUT2D eigenvalue weighted by Crippen LogP contribution is 2.24. The van der Waals surface area contributed by atoms with Crippen LogP contribution >= 0.6 is 11.6 Å². The highest BCUT2D eigenvalue weighted by molar-refractivity contribution is 7.86. The minimum Gasteiger partial charge on any atom is -0.195 e. The lowest BCUT2D eigenvalue weighted by atomic mass is 10.0. The van der Waals surface area contributed by atoms with Crippen molar-refractivity contribution in [2.75, 3.05) is 32.1 Å². The van der Waals surface area contributed by atoms with Gasteiger partial charge in [0.05, 0.1) is 0 Å². The fraction of sp³-hybridized carbons (Fsp3) is 1.00. The topological polar surface area (TPSA) is 40.6 Å². The zero-order chi connectivity index (χ0) is 10.9. The Morgan fingerprint density at radius 1 is 1.13 bits per heavy atom. The molecule has 0 aliphatic carbocycles. The number of halogens is 1. The summed E-state index contributed by atoms with van der Waals surface area (Å²) in [5, 5.41) is 0. The largest absolute Gasteiger partial charge is 0.281 e. The number of rotatable bonds is 3. The summed E-state index contributed by atoms with van der Waals surface area (Å²) in [6, 6.07) is 0. The molecule has 2 heterocycles. The van der Waals surface area contributed by atoms with Crippen LogP contribution in [0, 0.1) is 5.92 Å². The molecule has 0 amide bonds. The van der Waals surface area contributed by atoms with E-state index in [1.165, 1.54) is 0 Å². The lowest BCUT2D eigenvalue weighted by molar-refractivity contribution is 0.234. The first-order valence-corrected chi connectivity index (χ1v) is 7.39. The van der Waals surface area contributed by atoms with Crippen molar-refractivity contribution in [1.82, 2.24) is 8.61 Å². The van der Waals surface area contributed by atoms with Crippen molar-refractivity contribution in [3.05, 3.63) is 0 Å². The van der Waals surface area contributed by atoms with Crippen molar-refractivity contribution in [1.29, 1.82) is 0 Å². The Balaban J connectivity index is 2.02. The van der Waals surface area contributed by atoms with Crippen LogP contribution in [-0.2, 0) is 10.2 Å². The summed E-state index contributed by atoms with van der Waals surface area (Å²) < 4.78 is 27.2. The van der Waals surface area contributed by atoms with E-state index in [2.05, 4.69) is 0 Å². The van der Waals surface area contributed by atoms with Crippen LogP contribution in [0.1, 0.15) is 19.3 Å². The van der Waals surface area contributed by atoms with E-state index in [4.69, 9.17) is 11.6 Å². The second-order valence-corrected chi connectivity index (χ2v) is 6.52. The quantitative estimate of drug-likeness (QED) is 0.700. The molecule has 15 heavy (non-hydrogen) atoms. The van der Waals surface area contributed by atoms with Crippen molar-refractivity contribution < 1.29 is 8.42 Å². The third-order valence-corrected chi connectivity index (χ3v) is 5.61. The maximum Gasteiger partial charge on any atom is 0.281 e. The van der Waals surface area contributed by atoms with E-state index in [9.17, 15) is 8.42 Å². The van der Waals surface area contributed by atoms with Gasteiger partial charge in [-0.2, -0.15) is 17.0 Å². The van der Waals surface area contributed by atoms with E-state index in [1.807, 2.05) is 0 Å². The molecule has 88 valence electrons. The standard InChI is InChI=1S/C9H17ClN2O2S/c10-7-9-3-1-4-12(8-9)15(13,14)11-5-2-6-11/h9H,1-8H2. The molecule has 6 heteroatoms. The Labute approximate surface area is 96.4 Å². The molecule has 0 aromatic heterocycles. The van der Waals surface area contributed by atoms with Gasteiger partial charge in [-0.25, -0.2) is 0 Å². The molecule has 0 aromatic carbocycles. The van der Waals surface area contributed by atoms with Gasteiger partial charge in [0.25, 0.3) is 10.2 Å². The lowest BCUT2D eigenvalue weighted by Gasteiger charge is -2.38. The second-order valence-electron chi connectivity index (χ2n) is 4.28. The van der Waals surface area contributed by atoms with E-state index < -0.39 is 10.2 Å². The Morgan fingerprint density at radius 3 is 2.33 bits per heavy atom. The van der Waals surface area contributed by atoms with E-state index in [1.54, 1.807) is 8.61 Å². The summed E-state index contributed by atoms with van der Waals surface area (Å²) in [7, 11) is -3.16. The number of piperidine rings is 1. The van der Waals surface area contributed by atoms with E-state index >= 15 is 0 Å². The summed E-state index contributed by atoms with van der Waals surface area (Å²) in [6.07, 6.45) is 2.98. The Bertz CT molecular complexity index is 316. The molecule has 2 fully saturated rings. The minimum atomic E-state index is -3.16. The Kier molecular flexibility index (Phi) is 3.55.